The molecule has 0 N–H and O–H groups in total. The molecule has 56 valence electrons. The molecule has 0 atom stereocenters. The monoisotopic (exact) mass is 167 g/mol. The lowest BCUT2D eigenvalue weighted by atomic mass is 10.4. The van der Waals surface area contributed by atoms with Crippen LogP contribution in [0.3, 0.4) is 0 Å². The first-order chi connectivity index (χ1) is 4.68. The molecule has 0 saturated heterocycles. The maximum Gasteiger partial charge on any atom is 0.301 e. The van der Waals surface area contributed by atoms with Crippen molar-refractivity contribution in [2.75, 3.05) is 5.75 Å². The molecule has 0 heterocycles. The van der Waals surface area contributed by atoms with Gasteiger partial charge in [-0.1, -0.05) is 0 Å². The minimum Gasteiger partial charge on any atom is -0.206 e. The van der Waals surface area contributed by atoms with Crippen LogP contribution in [-0.4, -0.2) is 5.75 Å². The highest BCUT2D eigenvalue weighted by molar-refractivity contribution is 8.03. The molecule has 0 unspecified atom stereocenters. The minimum atomic E-state index is -2.29. The van der Waals surface area contributed by atoms with Gasteiger partial charge >= 0.3 is 6.08 Å². The summed E-state index contributed by atoms with van der Waals surface area (Å²) in [6.45, 7) is 0. The molecule has 0 rings (SSSR count). The second-order valence-electron chi connectivity index (χ2n) is 1.36. The van der Waals surface area contributed by atoms with E-state index in [0.29, 0.717) is 0 Å². The first-order valence-corrected chi connectivity index (χ1v) is 3.37. The van der Waals surface area contributed by atoms with Crippen molar-refractivity contribution in [3.63, 3.8) is 0 Å². The molecule has 0 aliphatic heterocycles. The fraction of sp³-hybridized carbons (Fsp3) is 0.400. The number of nitriles is 1. The lowest BCUT2D eigenvalue weighted by molar-refractivity contribution is 0.373. The minimum absolute atomic E-state index is 0.0691. The average Bonchev–Trinajstić information content (AvgIpc) is 1.88. The van der Waals surface area contributed by atoms with E-state index in [1.165, 1.54) is 0 Å². The Labute approximate surface area is 60.5 Å². The van der Waals surface area contributed by atoms with Crippen molar-refractivity contribution in [1.82, 2.24) is 0 Å². The van der Waals surface area contributed by atoms with Gasteiger partial charge in [0.05, 0.1) is 0 Å². The van der Waals surface area contributed by atoms with Gasteiger partial charge in [-0.2, -0.15) is 14.0 Å². The van der Waals surface area contributed by atoms with Crippen molar-refractivity contribution in [3.8, 4) is 5.40 Å². The average molecular weight is 167 g/mol. The molecular weight excluding hydrogens is 163 g/mol. The zero-order valence-corrected chi connectivity index (χ0v) is 5.72. The highest BCUT2D eigenvalue weighted by Gasteiger charge is 2.03. The Morgan fingerprint density at radius 3 is 2.40 bits per heavy atom. The van der Waals surface area contributed by atoms with Crippen molar-refractivity contribution in [2.24, 2.45) is 0 Å². The van der Waals surface area contributed by atoms with Gasteiger partial charge < -0.3 is 0 Å². The third-order valence-electron chi connectivity index (χ3n) is 0.693. The molecule has 0 radical (unpaired) electrons. The molecule has 0 amide bonds. The van der Waals surface area contributed by atoms with Crippen molar-refractivity contribution in [3.05, 3.63) is 11.9 Å². The van der Waals surface area contributed by atoms with Crippen molar-refractivity contribution < 1.29 is 13.2 Å². The van der Waals surface area contributed by atoms with Crippen LogP contribution in [-0.2, 0) is 0 Å². The number of rotatable bonds is 3. The van der Waals surface area contributed by atoms with Crippen LogP contribution in [0.1, 0.15) is 6.42 Å². The number of allylic oxidation sites excluding steroid dienone is 1. The van der Waals surface area contributed by atoms with E-state index in [9.17, 15) is 13.2 Å². The third-order valence-corrected chi connectivity index (χ3v) is 1.23. The summed E-state index contributed by atoms with van der Waals surface area (Å²) in [5, 5.41) is 9.55. The highest BCUT2D eigenvalue weighted by Crippen LogP contribution is 2.15. The molecule has 0 aromatic carbocycles. The van der Waals surface area contributed by atoms with E-state index >= 15 is 0 Å². The zero-order valence-electron chi connectivity index (χ0n) is 4.90. The van der Waals surface area contributed by atoms with Crippen molar-refractivity contribution >= 4 is 11.8 Å². The summed E-state index contributed by atoms with van der Waals surface area (Å²) in [4.78, 5) is 0. The van der Waals surface area contributed by atoms with E-state index in [0.717, 1.165) is 11.8 Å². The van der Waals surface area contributed by atoms with Crippen molar-refractivity contribution in [1.29, 1.82) is 5.26 Å². The van der Waals surface area contributed by atoms with E-state index in [1.807, 2.05) is 0 Å². The summed E-state index contributed by atoms with van der Waals surface area (Å²) in [5.74, 6) is -1.36. The molecule has 0 aliphatic rings. The van der Waals surface area contributed by atoms with E-state index in [2.05, 4.69) is 0 Å². The van der Waals surface area contributed by atoms with Crippen LogP contribution >= 0.6 is 11.8 Å². The van der Waals surface area contributed by atoms with Gasteiger partial charge in [-0.3, -0.25) is 0 Å². The first-order valence-electron chi connectivity index (χ1n) is 2.39. The number of thioether (sulfide) groups is 1. The van der Waals surface area contributed by atoms with Crippen LogP contribution in [0.2, 0.25) is 0 Å². The summed E-state index contributed by atoms with van der Waals surface area (Å²) >= 11 is 0.752. The summed E-state index contributed by atoms with van der Waals surface area (Å²) in [7, 11) is 0. The summed E-state index contributed by atoms with van der Waals surface area (Å²) < 4.78 is 34.4. The summed E-state index contributed by atoms with van der Waals surface area (Å²) in [6.07, 6.45) is -2.67. The van der Waals surface area contributed by atoms with Gasteiger partial charge in [0.15, 0.2) is 5.83 Å². The normalized spacial score (nSPS) is 8.60. The van der Waals surface area contributed by atoms with Gasteiger partial charge in [-0.15, -0.1) is 0 Å². The molecule has 0 fully saturated rings. The van der Waals surface area contributed by atoms with E-state index in [-0.39, 0.29) is 12.2 Å². The number of hydrogen-bond acceptors (Lipinski definition) is 2. The Hall–Kier alpha value is -0.630. The molecule has 0 aromatic heterocycles. The zero-order chi connectivity index (χ0) is 7.98. The maximum atomic E-state index is 11.9. The quantitative estimate of drug-likeness (QED) is 0.476. The Bertz CT molecular complexity index is 168. The molecule has 1 nitrogen and oxygen atoms in total. The first kappa shape index (κ1) is 9.37. The van der Waals surface area contributed by atoms with Crippen LogP contribution in [0.4, 0.5) is 13.2 Å². The fourth-order valence-electron chi connectivity index (χ4n) is 0.281. The predicted octanol–water partition coefficient (Wildman–Crippen LogP) is 2.67. The number of thiocyanates is 1. The molecular formula is C5H4F3NS. The van der Waals surface area contributed by atoms with Crippen LogP contribution in [0, 0.1) is 10.7 Å². The van der Waals surface area contributed by atoms with E-state index in [4.69, 9.17) is 5.26 Å². The van der Waals surface area contributed by atoms with E-state index < -0.39 is 11.9 Å². The molecule has 0 bridgehead atoms. The van der Waals surface area contributed by atoms with Crippen molar-refractivity contribution in [2.45, 2.75) is 6.42 Å². The molecule has 0 spiro atoms. The second kappa shape index (κ2) is 5.18. The van der Waals surface area contributed by atoms with Crippen LogP contribution in [0.5, 0.6) is 0 Å². The summed E-state index contributed by atoms with van der Waals surface area (Å²) in [6, 6.07) is 0. The second-order valence-corrected chi connectivity index (χ2v) is 2.23. The number of halogens is 3. The topological polar surface area (TPSA) is 23.8 Å². The Morgan fingerprint density at radius 1 is 1.40 bits per heavy atom. The Balaban J connectivity index is 3.52. The van der Waals surface area contributed by atoms with Gasteiger partial charge in [-0.05, 0) is 11.8 Å². The summed E-state index contributed by atoms with van der Waals surface area (Å²) in [5.41, 5.74) is 0. The molecule has 0 aliphatic carbocycles. The van der Waals surface area contributed by atoms with Gasteiger partial charge in [-0.25, -0.2) is 4.39 Å². The highest BCUT2D eigenvalue weighted by atomic mass is 32.2. The molecule has 0 aromatic rings. The Morgan fingerprint density at radius 2 is 2.00 bits per heavy atom. The smallest absolute Gasteiger partial charge is 0.206 e. The molecule has 10 heavy (non-hydrogen) atoms. The predicted molar refractivity (Wildman–Crippen MR) is 33.0 cm³/mol. The number of nitrogens with zero attached hydrogens (tertiary/aromatic N) is 1. The van der Waals surface area contributed by atoms with Gasteiger partial charge in [0, 0.05) is 12.2 Å². The largest absolute Gasteiger partial charge is 0.301 e. The number of hydrogen-bond donors (Lipinski definition) is 0. The maximum absolute atomic E-state index is 11.9. The SMILES string of the molecule is N#CSCCC(F)=C(F)F. The third kappa shape index (κ3) is 4.27. The van der Waals surface area contributed by atoms with Gasteiger partial charge in [0.2, 0.25) is 0 Å². The lowest BCUT2D eigenvalue weighted by Gasteiger charge is -1.89. The van der Waals surface area contributed by atoms with Gasteiger partial charge in [0.1, 0.15) is 5.40 Å². The fourth-order valence-corrected chi connectivity index (χ4v) is 0.653. The van der Waals surface area contributed by atoms with Crippen LogP contribution in [0.25, 0.3) is 0 Å². The van der Waals surface area contributed by atoms with Crippen LogP contribution in [0.15, 0.2) is 11.9 Å². The van der Waals surface area contributed by atoms with Gasteiger partial charge in [0.25, 0.3) is 0 Å². The van der Waals surface area contributed by atoms with Crippen LogP contribution < -0.4 is 0 Å². The lowest BCUT2D eigenvalue weighted by Crippen LogP contribution is -1.79. The Kier molecular flexibility index (Phi) is 4.85. The standard InChI is InChI=1S/C5H4F3NS/c6-4(5(7)8)1-2-10-3-9/h1-2H2. The van der Waals surface area contributed by atoms with E-state index in [1.54, 1.807) is 5.40 Å². The molecule has 5 heteroatoms. The molecule has 0 saturated carbocycles.